The lowest BCUT2D eigenvalue weighted by Crippen LogP contribution is -1.91. The highest BCUT2D eigenvalue weighted by Crippen LogP contribution is 2.25. The average molecular weight is 239 g/mol. The third-order valence-corrected chi connectivity index (χ3v) is 2.67. The third kappa shape index (κ3) is 1.47. The Hall–Kier alpha value is -1.23. The van der Waals surface area contributed by atoms with Gasteiger partial charge in [-0.1, -0.05) is 0 Å². The van der Waals surface area contributed by atoms with E-state index in [0.29, 0.717) is 0 Å². The summed E-state index contributed by atoms with van der Waals surface area (Å²) in [6.45, 7) is 1.92. The van der Waals surface area contributed by atoms with Gasteiger partial charge in [0, 0.05) is 6.20 Å². The zero-order valence-corrected chi connectivity index (χ0v) is 8.54. The van der Waals surface area contributed by atoms with Crippen molar-refractivity contribution in [2.24, 2.45) is 0 Å². The number of aromatic amines is 1. The van der Waals surface area contributed by atoms with Gasteiger partial charge in [0.2, 0.25) is 0 Å². The van der Waals surface area contributed by atoms with Crippen LogP contribution in [-0.2, 0) is 0 Å². The lowest BCUT2D eigenvalue weighted by Gasteiger charge is -2.01. The molecular formula is C8H7BrN4. The maximum atomic E-state index is 4.15. The quantitative estimate of drug-likeness (QED) is 0.827. The molecule has 0 spiro atoms. The number of aromatic nitrogens is 4. The number of hydrogen-bond donors (Lipinski definition) is 1. The van der Waals surface area contributed by atoms with Crippen LogP contribution in [0, 0.1) is 6.92 Å². The van der Waals surface area contributed by atoms with Crippen LogP contribution in [0.5, 0.6) is 0 Å². The fourth-order valence-corrected chi connectivity index (χ4v) is 1.45. The molecule has 0 saturated carbocycles. The number of halogens is 1. The van der Waals surface area contributed by atoms with Gasteiger partial charge in [0.1, 0.15) is 12.0 Å². The summed E-state index contributed by atoms with van der Waals surface area (Å²) in [5.74, 6) is 0. The molecule has 1 N–H and O–H groups in total. The number of H-pyrrole nitrogens is 1. The van der Waals surface area contributed by atoms with Gasteiger partial charge in [0.15, 0.2) is 0 Å². The Morgan fingerprint density at radius 3 is 2.92 bits per heavy atom. The van der Waals surface area contributed by atoms with E-state index in [2.05, 4.69) is 36.1 Å². The number of hydrogen-bond acceptors (Lipinski definition) is 3. The van der Waals surface area contributed by atoms with Gasteiger partial charge in [0.05, 0.1) is 15.9 Å². The monoisotopic (exact) mass is 238 g/mol. The molecule has 2 aromatic heterocycles. The van der Waals surface area contributed by atoms with Crippen LogP contribution in [0.4, 0.5) is 0 Å². The first-order valence-corrected chi connectivity index (χ1v) is 4.55. The van der Waals surface area contributed by atoms with Gasteiger partial charge < -0.3 is 0 Å². The molecule has 0 atom stereocenters. The molecule has 4 nitrogen and oxygen atoms in total. The minimum absolute atomic E-state index is 0.838. The van der Waals surface area contributed by atoms with Crippen molar-refractivity contribution in [3.05, 3.63) is 28.8 Å². The first-order chi connectivity index (χ1) is 6.29. The van der Waals surface area contributed by atoms with Crippen molar-refractivity contribution in [3.63, 3.8) is 0 Å². The smallest absolute Gasteiger partial charge is 0.116 e. The largest absolute Gasteiger partial charge is 0.276 e. The standard InChI is InChI=1S/C8H7BrN4/c1-5-7(9)8(11-4-10-5)6-2-3-12-13-6/h2-4H,1H3,(H,12,13). The minimum atomic E-state index is 0.838. The Kier molecular flexibility index (Phi) is 2.10. The highest BCUT2D eigenvalue weighted by Gasteiger charge is 2.07. The van der Waals surface area contributed by atoms with Gasteiger partial charge in [-0.3, -0.25) is 5.10 Å². The topological polar surface area (TPSA) is 54.5 Å². The van der Waals surface area contributed by atoms with Gasteiger partial charge >= 0.3 is 0 Å². The number of nitrogens with zero attached hydrogens (tertiary/aromatic N) is 3. The lowest BCUT2D eigenvalue weighted by atomic mass is 10.3. The summed E-state index contributed by atoms with van der Waals surface area (Å²) in [5, 5.41) is 6.71. The molecular weight excluding hydrogens is 232 g/mol. The molecule has 0 aliphatic carbocycles. The zero-order chi connectivity index (χ0) is 9.26. The Bertz CT molecular complexity index is 410. The van der Waals surface area contributed by atoms with Crippen LogP contribution in [0.1, 0.15) is 5.69 Å². The fourth-order valence-electron chi connectivity index (χ4n) is 1.03. The molecule has 0 aromatic carbocycles. The third-order valence-electron chi connectivity index (χ3n) is 1.72. The Labute approximate surface area is 83.6 Å². The highest BCUT2D eigenvalue weighted by atomic mass is 79.9. The predicted octanol–water partition coefficient (Wildman–Crippen LogP) is 1.94. The van der Waals surface area contributed by atoms with E-state index in [0.717, 1.165) is 21.6 Å². The Balaban J connectivity index is 2.59. The summed E-state index contributed by atoms with van der Waals surface area (Å²) in [6.07, 6.45) is 3.23. The van der Waals surface area contributed by atoms with Crippen molar-refractivity contribution < 1.29 is 0 Å². The van der Waals surface area contributed by atoms with E-state index < -0.39 is 0 Å². The molecule has 0 aliphatic rings. The number of aryl methyl sites for hydroxylation is 1. The van der Waals surface area contributed by atoms with Crippen LogP contribution in [-0.4, -0.2) is 20.2 Å². The van der Waals surface area contributed by atoms with Crippen LogP contribution < -0.4 is 0 Å². The van der Waals surface area contributed by atoms with E-state index in [-0.39, 0.29) is 0 Å². The molecule has 13 heavy (non-hydrogen) atoms. The SMILES string of the molecule is Cc1ncnc(-c2ccn[nH]2)c1Br. The van der Waals surface area contributed by atoms with Crippen LogP contribution in [0.15, 0.2) is 23.1 Å². The summed E-state index contributed by atoms with van der Waals surface area (Å²) >= 11 is 3.43. The van der Waals surface area contributed by atoms with Gasteiger partial charge in [-0.15, -0.1) is 0 Å². The van der Waals surface area contributed by atoms with Crippen LogP contribution in [0.3, 0.4) is 0 Å². The maximum absolute atomic E-state index is 4.15. The number of nitrogens with one attached hydrogen (secondary N) is 1. The van der Waals surface area contributed by atoms with Crippen molar-refractivity contribution in [2.75, 3.05) is 0 Å². The predicted molar refractivity (Wildman–Crippen MR) is 52.1 cm³/mol. The van der Waals surface area contributed by atoms with Crippen molar-refractivity contribution in [1.82, 2.24) is 20.2 Å². The van der Waals surface area contributed by atoms with Crippen LogP contribution >= 0.6 is 15.9 Å². The molecule has 5 heteroatoms. The van der Waals surface area contributed by atoms with Gasteiger partial charge in [-0.05, 0) is 28.9 Å². The van der Waals surface area contributed by atoms with Crippen molar-refractivity contribution in [2.45, 2.75) is 6.92 Å². The molecule has 2 rings (SSSR count). The second kappa shape index (κ2) is 3.26. The fraction of sp³-hybridized carbons (Fsp3) is 0.125. The molecule has 0 saturated heterocycles. The summed E-state index contributed by atoms with van der Waals surface area (Å²) in [4.78, 5) is 8.21. The van der Waals surface area contributed by atoms with Crippen molar-refractivity contribution in [3.8, 4) is 11.4 Å². The second-order valence-corrected chi connectivity index (χ2v) is 3.38. The summed E-state index contributed by atoms with van der Waals surface area (Å²) in [7, 11) is 0. The van der Waals surface area contributed by atoms with E-state index in [9.17, 15) is 0 Å². The van der Waals surface area contributed by atoms with E-state index in [1.54, 1.807) is 6.20 Å². The highest BCUT2D eigenvalue weighted by molar-refractivity contribution is 9.10. The average Bonchev–Trinajstić information content (AvgIpc) is 2.62. The molecule has 2 aromatic rings. The zero-order valence-electron chi connectivity index (χ0n) is 6.95. The number of rotatable bonds is 1. The van der Waals surface area contributed by atoms with Gasteiger partial charge in [-0.2, -0.15) is 5.10 Å². The van der Waals surface area contributed by atoms with E-state index >= 15 is 0 Å². The van der Waals surface area contributed by atoms with Crippen molar-refractivity contribution >= 4 is 15.9 Å². The van der Waals surface area contributed by atoms with Crippen LogP contribution in [0.2, 0.25) is 0 Å². The first kappa shape index (κ1) is 8.37. The summed E-state index contributed by atoms with van der Waals surface area (Å²) in [6, 6.07) is 1.87. The summed E-state index contributed by atoms with van der Waals surface area (Å²) < 4.78 is 0.902. The van der Waals surface area contributed by atoms with E-state index in [4.69, 9.17) is 0 Å². The van der Waals surface area contributed by atoms with Crippen LogP contribution in [0.25, 0.3) is 11.4 Å². The Morgan fingerprint density at radius 2 is 2.23 bits per heavy atom. The van der Waals surface area contributed by atoms with E-state index in [1.807, 2.05) is 13.0 Å². The summed E-state index contributed by atoms with van der Waals surface area (Å²) in [5.41, 5.74) is 2.64. The molecule has 0 fully saturated rings. The van der Waals surface area contributed by atoms with Gasteiger partial charge in [0.25, 0.3) is 0 Å². The first-order valence-electron chi connectivity index (χ1n) is 3.76. The molecule has 66 valence electrons. The molecule has 0 bridgehead atoms. The molecule has 0 amide bonds. The normalized spacial score (nSPS) is 10.3. The maximum Gasteiger partial charge on any atom is 0.116 e. The molecule has 0 unspecified atom stereocenters. The lowest BCUT2D eigenvalue weighted by molar-refractivity contribution is 1.05. The molecule has 2 heterocycles. The van der Waals surface area contributed by atoms with E-state index in [1.165, 1.54) is 6.33 Å². The second-order valence-electron chi connectivity index (χ2n) is 2.59. The van der Waals surface area contributed by atoms with Gasteiger partial charge in [-0.25, -0.2) is 9.97 Å². The molecule has 0 aliphatic heterocycles. The Morgan fingerprint density at radius 1 is 1.38 bits per heavy atom. The van der Waals surface area contributed by atoms with Crippen molar-refractivity contribution in [1.29, 1.82) is 0 Å². The molecule has 0 radical (unpaired) electrons. The minimum Gasteiger partial charge on any atom is -0.276 e.